The first-order chi connectivity index (χ1) is 7.12. The van der Waals surface area contributed by atoms with Gasteiger partial charge in [0.2, 0.25) is 0 Å². The smallest absolute Gasteiger partial charge is 0.160 e. The van der Waals surface area contributed by atoms with Crippen molar-refractivity contribution in [3.8, 4) is 0 Å². The van der Waals surface area contributed by atoms with Crippen LogP contribution in [0, 0.1) is 0 Å². The Morgan fingerprint density at radius 3 is 2.53 bits per heavy atom. The fraction of sp³-hybridized carbons (Fsp3) is 0.667. The maximum atomic E-state index is 12.3. The first-order valence-electron chi connectivity index (χ1n) is 5.68. The van der Waals surface area contributed by atoms with Crippen LogP contribution >= 0.6 is 0 Å². The first-order valence-corrected chi connectivity index (χ1v) is 7.29. The van der Waals surface area contributed by atoms with E-state index in [1.165, 1.54) is 0 Å². The molecule has 0 aromatic rings. The third-order valence-corrected chi connectivity index (χ3v) is 6.27. The Labute approximate surface area is 92.0 Å². The van der Waals surface area contributed by atoms with E-state index in [2.05, 4.69) is 0 Å². The van der Waals surface area contributed by atoms with Crippen LogP contribution < -0.4 is 0 Å². The summed E-state index contributed by atoms with van der Waals surface area (Å²) in [6, 6.07) is 0. The molecule has 2 nitrogen and oxygen atoms in total. The van der Waals surface area contributed by atoms with Crippen LogP contribution in [0.3, 0.4) is 0 Å². The van der Waals surface area contributed by atoms with Gasteiger partial charge >= 0.3 is 0 Å². The highest BCUT2D eigenvalue weighted by Gasteiger charge is 2.36. The van der Waals surface area contributed by atoms with Crippen LogP contribution in [0.15, 0.2) is 23.8 Å². The molecule has 1 saturated carbocycles. The third kappa shape index (κ3) is 2.03. The molecule has 0 spiro atoms. The summed E-state index contributed by atoms with van der Waals surface area (Å²) in [4.78, 5) is 0. The normalized spacial score (nSPS) is 28.1. The Hall–Kier alpha value is -0.570. The second-order valence-electron chi connectivity index (χ2n) is 4.56. The molecule has 3 heteroatoms. The fourth-order valence-corrected chi connectivity index (χ4v) is 4.99. The first kappa shape index (κ1) is 10.9. The van der Waals surface area contributed by atoms with Gasteiger partial charge in [0, 0.05) is 0 Å². The van der Waals surface area contributed by atoms with Gasteiger partial charge in [0.25, 0.3) is 0 Å². The van der Waals surface area contributed by atoms with Gasteiger partial charge in [0.15, 0.2) is 9.84 Å². The highest BCUT2D eigenvalue weighted by Crippen LogP contribution is 2.32. The van der Waals surface area contributed by atoms with Gasteiger partial charge in [-0.1, -0.05) is 36.6 Å². The fourth-order valence-electron chi connectivity index (χ4n) is 2.56. The van der Waals surface area contributed by atoms with Gasteiger partial charge in [0.05, 0.1) is 10.5 Å². The molecule has 2 aliphatic rings. The summed E-state index contributed by atoms with van der Waals surface area (Å²) < 4.78 is 24.6. The van der Waals surface area contributed by atoms with Crippen molar-refractivity contribution < 1.29 is 8.42 Å². The van der Waals surface area contributed by atoms with Gasteiger partial charge in [-0.3, -0.25) is 0 Å². The summed E-state index contributed by atoms with van der Waals surface area (Å²) in [6.45, 7) is 1.93. The van der Waals surface area contributed by atoms with Crippen molar-refractivity contribution in [1.29, 1.82) is 0 Å². The SMILES string of the molecule is CC1=CC=CCC1S(=O)(=O)C1CCCC1. The minimum Gasteiger partial charge on any atom is -0.228 e. The maximum Gasteiger partial charge on any atom is 0.160 e. The Morgan fingerprint density at radius 2 is 1.93 bits per heavy atom. The summed E-state index contributed by atoms with van der Waals surface area (Å²) in [5, 5.41) is -0.317. The number of allylic oxidation sites excluding steroid dienone is 3. The Kier molecular flexibility index (Phi) is 3.01. The standard InChI is InChI=1S/C12H18O2S/c1-10-6-2-5-9-12(10)15(13,14)11-7-3-4-8-11/h2,5-6,11-12H,3-4,7-9H2,1H3. The van der Waals surface area contributed by atoms with E-state index >= 15 is 0 Å². The second kappa shape index (κ2) is 4.12. The second-order valence-corrected chi connectivity index (χ2v) is 6.97. The van der Waals surface area contributed by atoms with Gasteiger partial charge in [-0.15, -0.1) is 0 Å². The van der Waals surface area contributed by atoms with Crippen molar-refractivity contribution in [3.63, 3.8) is 0 Å². The molecule has 0 radical (unpaired) electrons. The topological polar surface area (TPSA) is 34.1 Å². The highest BCUT2D eigenvalue weighted by atomic mass is 32.2. The zero-order chi connectivity index (χ0) is 10.9. The largest absolute Gasteiger partial charge is 0.228 e. The molecule has 15 heavy (non-hydrogen) atoms. The zero-order valence-electron chi connectivity index (χ0n) is 9.15. The summed E-state index contributed by atoms with van der Waals surface area (Å²) >= 11 is 0. The molecule has 84 valence electrons. The van der Waals surface area contributed by atoms with E-state index in [0.29, 0.717) is 6.42 Å². The molecule has 0 aromatic heterocycles. The van der Waals surface area contributed by atoms with Crippen LogP contribution in [0.2, 0.25) is 0 Å². The zero-order valence-corrected chi connectivity index (χ0v) is 9.96. The van der Waals surface area contributed by atoms with Crippen LogP contribution in [-0.2, 0) is 9.84 Å². The number of sulfone groups is 1. The Bertz CT molecular complexity index is 384. The Morgan fingerprint density at radius 1 is 1.27 bits per heavy atom. The van der Waals surface area contributed by atoms with Gasteiger partial charge in [-0.25, -0.2) is 8.42 Å². The Balaban J connectivity index is 2.22. The van der Waals surface area contributed by atoms with Crippen LogP contribution in [0.1, 0.15) is 39.0 Å². The highest BCUT2D eigenvalue weighted by molar-refractivity contribution is 7.92. The molecule has 1 atom stereocenters. The molecule has 0 heterocycles. The average molecular weight is 226 g/mol. The quantitative estimate of drug-likeness (QED) is 0.725. The lowest BCUT2D eigenvalue weighted by atomic mass is 10.1. The van der Waals surface area contributed by atoms with E-state index in [1.54, 1.807) is 0 Å². The van der Waals surface area contributed by atoms with E-state index in [-0.39, 0.29) is 10.5 Å². The van der Waals surface area contributed by atoms with E-state index in [9.17, 15) is 8.42 Å². The van der Waals surface area contributed by atoms with Crippen molar-refractivity contribution in [2.75, 3.05) is 0 Å². The molecular formula is C12H18O2S. The summed E-state index contributed by atoms with van der Waals surface area (Å²) in [5.41, 5.74) is 1.00. The molecule has 0 aliphatic heterocycles. The lowest BCUT2D eigenvalue weighted by Gasteiger charge is -2.22. The average Bonchev–Trinajstić information content (AvgIpc) is 2.71. The predicted octanol–water partition coefficient (Wildman–Crippen LogP) is 2.62. The van der Waals surface area contributed by atoms with Gasteiger partial charge in [-0.05, 0) is 26.2 Å². The molecular weight excluding hydrogens is 208 g/mol. The van der Waals surface area contributed by atoms with Crippen molar-refractivity contribution in [3.05, 3.63) is 23.8 Å². The minimum atomic E-state index is -2.93. The molecule has 1 unspecified atom stereocenters. The summed E-state index contributed by atoms with van der Waals surface area (Å²) in [7, 11) is -2.93. The molecule has 0 aromatic carbocycles. The van der Waals surface area contributed by atoms with Crippen LogP contribution in [-0.4, -0.2) is 18.9 Å². The molecule has 2 rings (SSSR count). The third-order valence-electron chi connectivity index (χ3n) is 3.52. The van der Waals surface area contributed by atoms with Crippen LogP contribution in [0.5, 0.6) is 0 Å². The number of rotatable bonds is 2. The van der Waals surface area contributed by atoms with E-state index in [4.69, 9.17) is 0 Å². The van der Waals surface area contributed by atoms with E-state index < -0.39 is 9.84 Å². The monoisotopic (exact) mass is 226 g/mol. The molecule has 0 bridgehead atoms. The number of hydrogen-bond donors (Lipinski definition) is 0. The van der Waals surface area contributed by atoms with Gasteiger partial charge < -0.3 is 0 Å². The molecule has 0 saturated heterocycles. The van der Waals surface area contributed by atoms with Gasteiger partial charge in [0.1, 0.15) is 0 Å². The lowest BCUT2D eigenvalue weighted by molar-refractivity contribution is 0.569. The van der Waals surface area contributed by atoms with E-state index in [0.717, 1.165) is 31.3 Å². The molecule has 2 aliphatic carbocycles. The predicted molar refractivity (Wildman–Crippen MR) is 62.5 cm³/mol. The van der Waals surface area contributed by atoms with Crippen molar-refractivity contribution in [2.45, 2.75) is 49.5 Å². The molecule has 1 fully saturated rings. The minimum absolute atomic E-state index is 0.0719. The number of hydrogen-bond acceptors (Lipinski definition) is 2. The van der Waals surface area contributed by atoms with E-state index in [1.807, 2.05) is 25.2 Å². The van der Waals surface area contributed by atoms with Crippen molar-refractivity contribution >= 4 is 9.84 Å². The van der Waals surface area contributed by atoms with Crippen molar-refractivity contribution in [1.82, 2.24) is 0 Å². The summed E-state index contributed by atoms with van der Waals surface area (Å²) in [6.07, 6.45) is 10.4. The molecule has 0 amide bonds. The van der Waals surface area contributed by atoms with Crippen molar-refractivity contribution in [2.24, 2.45) is 0 Å². The lowest BCUT2D eigenvalue weighted by Crippen LogP contribution is -2.31. The summed E-state index contributed by atoms with van der Waals surface area (Å²) in [5.74, 6) is 0. The van der Waals surface area contributed by atoms with Gasteiger partial charge in [-0.2, -0.15) is 0 Å². The van der Waals surface area contributed by atoms with Crippen LogP contribution in [0.25, 0.3) is 0 Å². The van der Waals surface area contributed by atoms with Crippen LogP contribution in [0.4, 0.5) is 0 Å². The maximum absolute atomic E-state index is 12.3. The molecule has 0 N–H and O–H groups in total.